The molecule has 0 aromatic heterocycles. The molecule has 0 aliphatic rings. The summed E-state index contributed by atoms with van der Waals surface area (Å²) in [5.74, 6) is 0.243. The van der Waals surface area contributed by atoms with Crippen LogP contribution in [0.4, 0.5) is 5.69 Å². The number of nitrogens with zero attached hydrogens (tertiary/aromatic N) is 1. The van der Waals surface area contributed by atoms with Crippen molar-refractivity contribution >= 4 is 5.69 Å². The molecule has 0 aliphatic carbocycles. The van der Waals surface area contributed by atoms with Gasteiger partial charge in [-0.15, -0.1) is 0 Å². The zero-order chi connectivity index (χ0) is 12.0. The minimum atomic E-state index is -0.481. The van der Waals surface area contributed by atoms with Crippen LogP contribution in [-0.4, -0.2) is 25.2 Å². The minimum absolute atomic E-state index is 0.0589. The molecule has 0 bridgehead atoms. The molecular weight excluding hydrogens is 212 g/mol. The molecule has 2 N–H and O–H groups in total. The maximum absolute atomic E-state index is 10.7. The molecule has 0 unspecified atom stereocenters. The molecular formula is C10H14N2O4. The summed E-state index contributed by atoms with van der Waals surface area (Å²) < 4.78 is 10.1. The van der Waals surface area contributed by atoms with Gasteiger partial charge in [0.2, 0.25) is 0 Å². The summed E-state index contributed by atoms with van der Waals surface area (Å²) in [7, 11) is 1.40. The molecule has 6 heteroatoms. The van der Waals surface area contributed by atoms with Gasteiger partial charge in [-0.1, -0.05) is 6.07 Å². The maximum Gasteiger partial charge on any atom is 0.311 e. The first-order valence-electron chi connectivity index (χ1n) is 4.78. The Labute approximate surface area is 93.1 Å². The molecule has 88 valence electrons. The smallest absolute Gasteiger partial charge is 0.311 e. The molecule has 16 heavy (non-hydrogen) atoms. The molecule has 1 rings (SSSR count). The highest BCUT2D eigenvalue weighted by Gasteiger charge is 2.14. The lowest BCUT2D eigenvalue weighted by Crippen LogP contribution is -2.08. The summed E-state index contributed by atoms with van der Waals surface area (Å²) in [5, 5.41) is 10.7. The van der Waals surface area contributed by atoms with Crippen LogP contribution in [0.25, 0.3) is 0 Å². The fraction of sp³-hybridized carbons (Fsp3) is 0.400. The van der Waals surface area contributed by atoms with Crippen LogP contribution in [0.3, 0.4) is 0 Å². The summed E-state index contributed by atoms with van der Waals surface area (Å²) in [6, 6.07) is 4.72. The van der Waals surface area contributed by atoms with Gasteiger partial charge < -0.3 is 15.2 Å². The van der Waals surface area contributed by atoms with Gasteiger partial charge in [0.15, 0.2) is 5.75 Å². The second-order valence-corrected chi connectivity index (χ2v) is 3.10. The Hall–Kier alpha value is -1.66. The lowest BCUT2D eigenvalue weighted by Gasteiger charge is -2.05. The Morgan fingerprint density at radius 1 is 1.50 bits per heavy atom. The Morgan fingerprint density at radius 3 is 2.81 bits per heavy atom. The molecule has 1 aromatic rings. The number of nitro groups is 1. The highest BCUT2D eigenvalue weighted by molar-refractivity contribution is 5.48. The van der Waals surface area contributed by atoms with E-state index in [9.17, 15) is 10.1 Å². The van der Waals surface area contributed by atoms with E-state index in [4.69, 9.17) is 15.2 Å². The van der Waals surface area contributed by atoms with E-state index in [1.807, 2.05) is 0 Å². The summed E-state index contributed by atoms with van der Waals surface area (Å²) in [5.41, 5.74) is 5.93. The Morgan fingerprint density at radius 2 is 2.25 bits per heavy atom. The Balaban J connectivity index is 2.81. The van der Waals surface area contributed by atoms with Gasteiger partial charge in [0.1, 0.15) is 0 Å². The van der Waals surface area contributed by atoms with Crippen LogP contribution in [0, 0.1) is 10.1 Å². The van der Waals surface area contributed by atoms with E-state index >= 15 is 0 Å². The van der Waals surface area contributed by atoms with Crippen molar-refractivity contribution in [3.63, 3.8) is 0 Å². The summed E-state index contributed by atoms with van der Waals surface area (Å²) >= 11 is 0. The zero-order valence-electron chi connectivity index (χ0n) is 9.01. The van der Waals surface area contributed by atoms with E-state index < -0.39 is 4.92 Å². The van der Waals surface area contributed by atoms with Crippen molar-refractivity contribution < 1.29 is 14.4 Å². The molecule has 0 saturated heterocycles. The molecule has 0 aliphatic heterocycles. The third-order valence-corrected chi connectivity index (χ3v) is 1.97. The predicted molar refractivity (Wildman–Crippen MR) is 58.4 cm³/mol. The SMILES string of the molecule is COc1ccc(COCCN)cc1[N+](=O)[O-]. The van der Waals surface area contributed by atoms with E-state index in [1.165, 1.54) is 13.2 Å². The predicted octanol–water partition coefficient (Wildman–Crippen LogP) is 1.08. The summed E-state index contributed by atoms with van der Waals surface area (Å²) in [6.07, 6.45) is 0. The van der Waals surface area contributed by atoms with Crippen LogP contribution in [0.5, 0.6) is 5.75 Å². The fourth-order valence-corrected chi connectivity index (χ4v) is 1.24. The van der Waals surface area contributed by atoms with Crippen molar-refractivity contribution in [2.45, 2.75) is 6.61 Å². The molecule has 1 aromatic carbocycles. The van der Waals surface area contributed by atoms with Crippen molar-refractivity contribution in [3.05, 3.63) is 33.9 Å². The van der Waals surface area contributed by atoms with E-state index in [2.05, 4.69) is 0 Å². The number of benzene rings is 1. The van der Waals surface area contributed by atoms with Gasteiger partial charge in [0.05, 0.1) is 25.2 Å². The fourth-order valence-electron chi connectivity index (χ4n) is 1.24. The number of hydrogen-bond acceptors (Lipinski definition) is 5. The molecule has 0 atom stereocenters. The molecule has 0 saturated carbocycles. The second-order valence-electron chi connectivity index (χ2n) is 3.10. The highest BCUT2D eigenvalue weighted by Crippen LogP contribution is 2.27. The topological polar surface area (TPSA) is 87.6 Å². The van der Waals surface area contributed by atoms with Gasteiger partial charge in [0, 0.05) is 12.6 Å². The van der Waals surface area contributed by atoms with Crippen LogP contribution in [0.15, 0.2) is 18.2 Å². The zero-order valence-corrected chi connectivity index (χ0v) is 9.01. The van der Waals surface area contributed by atoms with Crippen LogP contribution in [-0.2, 0) is 11.3 Å². The highest BCUT2D eigenvalue weighted by atomic mass is 16.6. The summed E-state index contributed by atoms with van der Waals surface area (Å²) in [4.78, 5) is 10.2. The van der Waals surface area contributed by atoms with Crippen molar-refractivity contribution in [1.29, 1.82) is 0 Å². The average molecular weight is 226 g/mol. The molecule has 0 radical (unpaired) electrons. The van der Waals surface area contributed by atoms with Crippen LogP contribution >= 0.6 is 0 Å². The number of rotatable bonds is 6. The quantitative estimate of drug-likeness (QED) is 0.445. The Bertz CT molecular complexity index is 368. The molecule has 6 nitrogen and oxygen atoms in total. The largest absolute Gasteiger partial charge is 0.490 e. The summed E-state index contributed by atoms with van der Waals surface area (Å²) in [6.45, 7) is 1.17. The number of hydrogen-bond donors (Lipinski definition) is 1. The monoisotopic (exact) mass is 226 g/mol. The minimum Gasteiger partial charge on any atom is -0.490 e. The van der Waals surface area contributed by atoms with Crippen molar-refractivity contribution in [1.82, 2.24) is 0 Å². The van der Waals surface area contributed by atoms with Gasteiger partial charge in [0.25, 0.3) is 0 Å². The van der Waals surface area contributed by atoms with Crippen LogP contribution in [0.1, 0.15) is 5.56 Å². The van der Waals surface area contributed by atoms with Crippen LogP contribution in [0.2, 0.25) is 0 Å². The lowest BCUT2D eigenvalue weighted by molar-refractivity contribution is -0.385. The van der Waals surface area contributed by atoms with Gasteiger partial charge in [-0.05, 0) is 11.6 Å². The van der Waals surface area contributed by atoms with Gasteiger partial charge in [-0.3, -0.25) is 10.1 Å². The number of nitro benzene ring substituents is 1. The maximum atomic E-state index is 10.7. The normalized spacial score (nSPS) is 10.1. The number of nitrogens with two attached hydrogens (primary N) is 1. The van der Waals surface area contributed by atoms with Crippen molar-refractivity contribution in [2.24, 2.45) is 5.73 Å². The first-order chi connectivity index (χ1) is 7.69. The number of methoxy groups -OCH3 is 1. The van der Waals surface area contributed by atoms with Crippen molar-refractivity contribution in [3.8, 4) is 5.75 Å². The average Bonchev–Trinajstić information content (AvgIpc) is 2.29. The molecule has 0 heterocycles. The third-order valence-electron chi connectivity index (χ3n) is 1.97. The molecule has 0 fully saturated rings. The van der Waals surface area contributed by atoms with Gasteiger partial charge in [-0.25, -0.2) is 0 Å². The van der Waals surface area contributed by atoms with Gasteiger partial charge >= 0.3 is 5.69 Å². The molecule has 0 amide bonds. The third kappa shape index (κ3) is 3.18. The first kappa shape index (κ1) is 12.4. The first-order valence-corrected chi connectivity index (χ1v) is 4.78. The van der Waals surface area contributed by atoms with E-state index in [-0.39, 0.29) is 11.4 Å². The standard InChI is InChI=1S/C10H14N2O4/c1-15-10-3-2-8(7-16-5-4-11)6-9(10)12(13)14/h2-3,6H,4-5,7,11H2,1H3. The van der Waals surface area contributed by atoms with Crippen LogP contribution < -0.4 is 10.5 Å². The lowest BCUT2D eigenvalue weighted by atomic mass is 10.2. The van der Waals surface area contributed by atoms with Crippen molar-refractivity contribution in [2.75, 3.05) is 20.3 Å². The van der Waals surface area contributed by atoms with E-state index in [0.717, 1.165) is 5.56 Å². The van der Waals surface area contributed by atoms with E-state index in [1.54, 1.807) is 12.1 Å². The second kappa shape index (κ2) is 6.04. The Kier molecular flexibility index (Phi) is 4.68. The molecule has 0 spiro atoms. The number of ether oxygens (including phenoxy) is 2. The van der Waals surface area contributed by atoms with E-state index in [0.29, 0.717) is 19.8 Å². The van der Waals surface area contributed by atoms with Gasteiger partial charge in [-0.2, -0.15) is 0 Å².